The summed E-state index contributed by atoms with van der Waals surface area (Å²) in [6, 6.07) is 8.07. The van der Waals surface area contributed by atoms with Gasteiger partial charge >= 0.3 is 0 Å². The number of benzene rings is 1. The minimum Gasteiger partial charge on any atom is -0.382 e. The molecule has 2 rings (SSSR count). The van der Waals surface area contributed by atoms with E-state index in [9.17, 15) is 0 Å². The molecule has 3 nitrogen and oxygen atoms in total. The van der Waals surface area contributed by atoms with Crippen LogP contribution in [0.25, 0.3) is 11.3 Å². The van der Waals surface area contributed by atoms with Gasteiger partial charge in [0.1, 0.15) is 5.82 Å². The number of anilines is 1. The SMILES string of the molecule is Cc1ccccc1-c1[nH]cnc1N. The molecule has 13 heavy (non-hydrogen) atoms. The molecule has 1 aromatic carbocycles. The number of imidazole rings is 1. The number of hydrogen-bond donors (Lipinski definition) is 2. The Morgan fingerprint density at radius 2 is 2.08 bits per heavy atom. The average molecular weight is 173 g/mol. The molecular formula is C10H11N3. The Morgan fingerprint density at radius 1 is 1.31 bits per heavy atom. The summed E-state index contributed by atoms with van der Waals surface area (Å²) in [6.45, 7) is 2.05. The number of nitrogen functional groups attached to an aromatic ring is 1. The summed E-state index contributed by atoms with van der Waals surface area (Å²) in [4.78, 5) is 6.98. The van der Waals surface area contributed by atoms with Crippen molar-refractivity contribution in [3.63, 3.8) is 0 Å². The first kappa shape index (κ1) is 7.86. The van der Waals surface area contributed by atoms with Crippen LogP contribution in [0.1, 0.15) is 5.56 Å². The number of nitrogens with zero attached hydrogens (tertiary/aromatic N) is 1. The van der Waals surface area contributed by atoms with Crippen molar-refractivity contribution in [2.75, 3.05) is 5.73 Å². The molecule has 0 spiro atoms. The number of rotatable bonds is 1. The van der Waals surface area contributed by atoms with Crippen LogP contribution in [0.15, 0.2) is 30.6 Å². The standard InChI is InChI=1S/C10H11N3/c1-7-4-2-3-5-8(7)9-10(11)13-6-12-9/h2-6H,11H2,1H3,(H,12,13). The third-order valence-corrected chi connectivity index (χ3v) is 2.08. The van der Waals surface area contributed by atoms with E-state index in [1.807, 2.05) is 18.2 Å². The number of H-pyrrole nitrogens is 1. The summed E-state index contributed by atoms with van der Waals surface area (Å²) in [7, 11) is 0. The van der Waals surface area contributed by atoms with Gasteiger partial charge in [-0.3, -0.25) is 0 Å². The summed E-state index contributed by atoms with van der Waals surface area (Å²) in [5.74, 6) is 0.550. The maximum absolute atomic E-state index is 5.70. The van der Waals surface area contributed by atoms with Crippen LogP contribution in [0.2, 0.25) is 0 Å². The Morgan fingerprint density at radius 3 is 2.69 bits per heavy atom. The van der Waals surface area contributed by atoms with Gasteiger partial charge < -0.3 is 10.7 Å². The Balaban J connectivity index is 2.59. The quantitative estimate of drug-likeness (QED) is 0.692. The monoisotopic (exact) mass is 173 g/mol. The number of nitrogens with one attached hydrogen (secondary N) is 1. The van der Waals surface area contributed by atoms with Crippen molar-refractivity contribution in [3.8, 4) is 11.3 Å². The summed E-state index contributed by atoms with van der Waals surface area (Å²) in [5.41, 5.74) is 8.90. The highest BCUT2D eigenvalue weighted by atomic mass is 15.0. The van der Waals surface area contributed by atoms with Crippen LogP contribution in [0.4, 0.5) is 5.82 Å². The van der Waals surface area contributed by atoms with Crippen molar-refractivity contribution in [1.29, 1.82) is 0 Å². The molecule has 0 radical (unpaired) electrons. The van der Waals surface area contributed by atoms with Gasteiger partial charge in [0.15, 0.2) is 0 Å². The zero-order valence-electron chi connectivity index (χ0n) is 7.41. The van der Waals surface area contributed by atoms with Crippen molar-refractivity contribution in [1.82, 2.24) is 9.97 Å². The lowest BCUT2D eigenvalue weighted by atomic mass is 10.1. The number of hydrogen-bond acceptors (Lipinski definition) is 2. The fraction of sp³-hybridized carbons (Fsp3) is 0.100. The topological polar surface area (TPSA) is 54.7 Å². The van der Waals surface area contributed by atoms with Gasteiger partial charge in [0.05, 0.1) is 12.0 Å². The maximum atomic E-state index is 5.70. The van der Waals surface area contributed by atoms with Crippen molar-refractivity contribution in [2.45, 2.75) is 6.92 Å². The molecule has 0 bridgehead atoms. The van der Waals surface area contributed by atoms with Gasteiger partial charge in [0.25, 0.3) is 0 Å². The number of aryl methyl sites for hydroxylation is 1. The van der Waals surface area contributed by atoms with Gasteiger partial charge in [-0.05, 0) is 12.5 Å². The molecule has 0 aliphatic rings. The molecule has 66 valence electrons. The summed E-state index contributed by atoms with van der Waals surface area (Å²) in [5, 5.41) is 0. The highest BCUT2D eigenvalue weighted by Crippen LogP contribution is 2.24. The second-order valence-electron chi connectivity index (χ2n) is 2.98. The molecule has 0 saturated carbocycles. The van der Waals surface area contributed by atoms with Gasteiger partial charge in [-0.1, -0.05) is 24.3 Å². The minimum absolute atomic E-state index is 0.550. The van der Waals surface area contributed by atoms with Gasteiger partial charge in [0, 0.05) is 5.56 Å². The van der Waals surface area contributed by atoms with Crippen LogP contribution >= 0.6 is 0 Å². The van der Waals surface area contributed by atoms with E-state index in [0.717, 1.165) is 11.3 Å². The van der Waals surface area contributed by atoms with Gasteiger partial charge in [-0.25, -0.2) is 4.98 Å². The molecule has 3 N–H and O–H groups in total. The second kappa shape index (κ2) is 2.94. The number of nitrogens with two attached hydrogens (primary N) is 1. The third kappa shape index (κ3) is 1.28. The largest absolute Gasteiger partial charge is 0.382 e. The number of aromatic amines is 1. The lowest BCUT2D eigenvalue weighted by Gasteiger charge is -2.02. The minimum atomic E-state index is 0.550. The molecule has 0 aliphatic carbocycles. The molecule has 1 aromatic heterocycles. The van der Waals surface area contributed by atoms with Crippen molar-refractivity contribution >= 4 is 5.82 Å². The van der Waals surface area contributed by atoms with Crippen LogP contribution < -0.4 is 5.73 Å². The van der Waals surface area contributed by atoms with Gasteiger partial charge in [-0.15, -0.1) is 0 Å². The summed E-state index contributed by atoms with van der Waals surface area (Å²) in [6.07, 6.45) is 1.61. The molecule has 0 unspecified atom stereocenters. The predicted octanol–water partition coefficient (Wildman–Crippen LogP) is 1.97. The van der Waals surface area contributed by atoms with Crippen LogP contribution in [-0.4, -0.2) is 9.97 Å². The smallest absolute Gasteiger partial charge is 0.149 e. The molecule has 3 heteroatoms. The van der Waals surface area contributed by atoms with Gasteiger partial charge in [-0.2, -0.15) is 0 Å². The fourth-order valence-electron chi connectivity index (χ4n) is 1.37. The van der Waals surface area contributed by atoms with E-state index in [1.165, 1.54) is 5.56 Å². The third-order valence-electron chi connectivity index (χ3n) is 2.08. The lowest BCUT2D eigenvalue weighted by molar-refractivity contribution is 1.31. The highest BCUT2D eigenvalue weighted by molar-refractivity contribution is 5.72. The van der Waals surface area contributed by atoms with Gasteiger partial charge in [0.2, 0.25) is 0 Å². The first-order valence-electron chi connectivity index (χ1n) is 4.14. The zero-order valence-corrected chi connectivity index (χ0v) is 7.41. The number of aromatic nitrogens is 2. The fourth-order valence-corrected chi connectivity index (χ4v) is 1.37. The molecule has 0 atom stereocenters. The first-order valence-corrected chi connectivity index (χ1v) is 4.14. The van der Waals surface area contributed by atoms with E-state index in [0.29, 0.717) is 5.82 Å². The van der Waals surface area contributed by atoms with Crippen LogP contribution in [0, 0.1) is 6.92 Å². The molecule has 1 heterocycles. The molecule has 0 saturated heterocycles. The van der Waals surface area contributed by atoms with Crippen LogP contribution in [0.3, 0.4) is 0 Å². The Bertz CT molecular complexity index is 418. The predicted molar refractivity (Wildman–Crippen MR) is 53.2 cm³/mol. The van der Waals surface area contributed by atoms with Crippen molar-refractivity contribution in [3.05, 3.63) is 36.2 Å². The molecule has 0 fully saturated rings. The Labute approximate surface area is 76.6 Å². The highest BCUT2D eigenvalue weighted by Gasteiger charge is 2.05. The lowest BCUT2D eigenvalue weighted by Crippen LogP contribution is -1.90. The zero-order chi connectivity index (χ0) is 9.26. The van der Waals surface area contributed by atoms with E-state index >= 15 is 0 Å². The molecular weight excluding hydrogens is 162 g/mol. The maximum Gasteiger partial charge on any atom is 0.149 e. The summed E-state index contributed by atoms with van der Waals surface area (Å²) >= 11 is 0. The average Bonchev–Trinajstić information content (AvgIpc) is 2.52. The van der Waals surface area contributed by atoms with E-state index in [2.05, 4.69) is 23.0 Å². The van der Waals surface area contributed by atoms with E-state index in [1.54, 1.807) is 6.33 Å². The van der Waals surface area contributed by atoms with E-state index < -0.39 is 0 Å². The Hall–Kier alpha value is -1.77. The Kier molecular flexibility index (Phi) is 1.77. The molecule has 2 aromatic rings. The summed E-state index contributed by atoms with van der Waals surface area (Å²) < 4.78 is 0. The first-order chi connectivity index (χ1) is 6.29. The van der Waals surface area contributed by atoms with Crippen molar-refractivity contribution < 1.29 is 0 Å². The van der Waals surface area contributed by atoms with E-state index in [4.69, 9.17) is 5.73 Å². The van der Waals surface area contributed by atoms with Crippen molar-refractivity contribution in [2.24, 2.45) is 0 Å². The van der Waals surface area contributed by atoms with Crippen LogP contribution in [-0.2, 0) is 0 Å². The van der Waals surface area contributed by atoms with E-state index in [-0.39, 0.29) is 0 Å². The normalized spacial score (nSPS) is 10.2. The molecule has 0 aliphatic heterocycles. The molecule has 0 amide bonds. The van der Waals surface area contributed by atoms with Crippen LogP contribution in [0.5, 0.6) is 0 Å². The second-order valence-corrected chi connectivity index (χ2v) is 2.98.